The lowest BCUT2D eigenvalue weighted by atomic mass is 10.0. The van der Waals surface area contributed by atoms with Crippen LogP contribution in [0.5, 0.6) is 5.75 Å². The first-order valence-electron chi connectivity index (χ1n) is 11.9. The number of ether oxygens (including phenoxy) is 1. The molecule has 9 nitrogen and oxygen atoms in total. The largest absolute Gasteiger partial charge is 0.494 e. The Kier molecular flexibility index (Phi) is 4.75. The van der Waals surface area contributed by atoms with Crippen LogP contribution in [-0.4, -0.2) is 51.2 Å². The van der Waals surface area contributed by atoms with Crippen LogP contribution >= 0.6 is 0 Å². The van der Waals surface area contributed by atoms with Crippen molar-refractivity contribution in [3.63, 3.8) is 0 Å². The number of anilines is 4. The molecule has 0 radical (unpaired) electrons. The number of amides is 1. The molecule has 34 heavy (non-hydrogen) atoms. The first-order chi connectivity index (χ1) is 16.5. The summed E-state index contributed by atoms with van der Waals surface area (Å²) in [7, 11) is 3.49. The zero-order chi connectivity index (χ0) is 23.4. The number of aromatic nitrogens is 4. The fourth-order valence-electron chi connectivity index (χ4n) is 5.48. The number of benzene rings is 1. The van der Waals surface area contributed by atoms with Gasteiger partial charge in [-0.3, -0.25) is 4.79 Å². The van der Waals surface area contributed by atoms with Crippen molar-refractivity contribution in [2.75, 3.05) is 29.3 Å². The number of fused-ring (bicyclic) bond motifs is 1. The summed E-state index contributed by atoms with van der Waals surface area (Å²) in [5.41, 5.74) is 3.03. The molecular formula is C25H29N7O2. The number of nitrogens with zero attached hydrogens (tertiary/aromatic N) is 6. The van der Waals surface area contributed by atoms with E-state index in [9.17, 15) is 4.79 Å². The zero-order valence-corrected chi connectivity index (χ0v) is 19.8. The number of aryl methyl sites for hydroxylation is 1. The first kappa shape index (κ1) is 20.9. The molecule has 2 aliphatic carbocycles. The topological polar surface area (TPSA) is 88.4 Å². The number of carbonyl (C=O) groups excluding carboxylic acids is 1. The fourth-order valence-corrected chi connectivity index (χ4v) is 5.48. The second kappa shape index (κ2) is 7.72. The molecule has 0 atom stereocenters. The number of hydrogen-bond acceptors (Lipinski definition) is 7. The average molecular weight is 460 g/mol. The fraction of sp³-hybridized carbons (Fsp3) is 0.440. The maximum atomic E-state index is 13.2. The molecular weight excluding hydrogens is 430 g/mol. The number of likely N-dealkylation sites (N-methyl/N-ethyl adjacent to an activating group) is 1. The minimum absolute atomic E-state index is 0.172. The Balaban J connectivity index is 1.34. The van der Waals surface area contributed by atoms with Crippen molar-refractivity contribution in [1.29, 1.82) is 0 Å². The maximum absolute atomic E-state index is 13.2. The van der Waals surface area contributed by atoms with E-state index in [-0.39, 0.29) is 5.91 Å². The van der Waals surface area contributed by atoms with Crippen LogP contribution in [0.3, 0.4) is 0 Å². The van der Waals surface area contributed by atoms with E-state index in [1.807, 2.05) is 42.9 Å². The van der Waals surface area contributed by atoms with Crippen LogP contribution in [0, 0.1) is 6.92 Å². The number of imidazole rings is 1. The number of nitrogens with one attached hydrogen (secondary N) is 1. The van der Waals surface area contributed by atoms with Crippen LogP contribution in [0.15, 0.2) is 36.9 Å². The van der Waals surface area contributed by atoms with Crippen molar-refractivity contribution in [3.8, 4) is 11.4 Å². The zero-order valence-electron chi connectivity index (χ0n) is 19.8. The van der Waals surface area contributed by atoms with Crippen molar-refractivity contribution >= 4 is 29.0 Å². The molecule has 3 heterocycles. The highest BCUT2D eigenvalue weighted by Gasteiger charge is 2.61. The normalized spacial score (nSPS) is 19.0. The molecule has 176 valence electrons. The number of carbonyl (C=O) groups is 1. The molecule has 6 rings (SSSR count). The molecule has 1 N–H and O–H groups in total. The van der Waals surface area contributed by atoms with Gasteiger partial charge in [0.25, 0.3) is 5.91 Å². The molecule has 1 aromatic carbocycles. The monoisotopic (exact) mass is 459 g/mol. The Bertz CT molecular complexity index is 1260. The quantitative estimate of drug-likeness (QED) is 0.617. The van der Waals surface area contributed by atoms with Gasteiger partial charge < -0.3 is 24.4 Å². The van der Waals surface area contributed by atoms with Crippen LogP contribution in [0.4, 0.5) is 23.1 Å². The summed E-state index contributed by atoms with van der Waals surface area (Å²) in [6.07, 6.45) is 11.9. The first-order valence-corrected chi connectivity index (χ1v) is 11.9. The minimum Gasteiger partial charge on any atom is -0.494 e. The van der Waals surface area contributed by atoms with Crippen LogP contribution in [-0.2, 0) is 4.79 Å². The molecule has 1 spiro atoms. The summed E-state index contributed by atoms with van der Waals surface area (Å²) in [5, 5.41) is 3.34. The summed E-state index contributed by atoms with van der Waals surface area (Å²) in [6.45, 7) is 1.96. The Hall–Kier alpha value is -3.62. The highest BCUT2D eigenvalue weighted by atomic mass is 16.5. The van der Waals surface area contributed by atoms with Gasteiger partial charge in [0, 0.05) is 31.0 Å². The molecule has 3 aliphatic rings. The van der Waals surface area contributed by atoms with Crippen LogP contribution in [0.25, 0.3) is 5.69 Å². The van der Waals surface area contributed by atoms with Gasteiger partial charge in [0.05, 0.1) is 31.0 Å². The van der Waals surface area contributed by atoms with Gasteiger partial charge in [-0.15, -0.1) is 0 Å². The van der Waals surface area contributed by atoms with Gasteiger partial charge in [0.1, 0.15) is 17.0 Å². The van der Waals surface area contributed by atoms with Crippen LogP contribution in [0.2, 0.25) is 0 Å². The number of methoxy groups -OCH3 is 1. The van der Waals surface area contributed by atoms with E-state index < -0.39 is 5.54 Å². The predicted octanol–water partition coefficient (Wildman–Crippen LogP) is 3.98. The number of rotatable bonds is 5. The van der Waals surface area contributed by atoms with Crippen molar-refractivity contribution in [1.82, 2.24) is 19.5 Å². The molecule has 9 heteroatoms. The summed E-state index contributed by atoms with van der Waals surface area (Å²) in [5.74, 6) is 2.26. The molecule has 3 aromatic rings. The summed E-state index contributed by atoms with van der Waals surface area (Å²) in [4.78, 5) is 31.1. The summed E-state index contributed by atoms with van der Waals surface area (Å²) < 4.78 is 7.58. The third-order valence-electron chi connectivity index (χ3n) is 7.34. The molecule has 1 amide bonds. The Morgan fingerprint density at radius 2 is 1.94 bits per heavy atom. The maximum Gasteiger partial charge on any atom is 0.252 e. The lowest BCUT2D eigenvalue weighted by molar-refractivity contribution is -0.121. The van der Waals surface area contributed by atoms with Gasteiger partial charge in [0.2, 0.25) is 5.95 Å². The molecule has 2 saturated carbocycles. The average Bonchev–Trinajstić information content (AvgIpc) is 3.22. The highest BCUT2D eigenvalue weighted by Crippen LogP contribution is 2.53. The Labute approximate surface area is 198 Å². The van der Waals surface area contributed by atoms with Gasteiger partial charge in [-0.2, -0.15) is 4.98 Å². The Morgan fingerprint density at radius 1 is 1.15 bits per heavy atom. The smallest absolute Gasteiger partial charge is 0.252 e. The Morgan fingerprint density at radius 3 is 2.62 bits per heavy atom. The predicted molar refractivity (Wildman–Crippen MR) is 130 cm³/mol. The highest BCUT2D eigenvalue weighted by molar-refractivity contribution is 6.09. The summed E-state index contributed by atoms with van der Waals surface area (Å²) in [6, 6.07) is 6.25. The van der Waals surface area contributed by atoms with Gasteiger partial charge in [-0.05, 0) is 44.7 Å². The van der Waals surface area contributed by atoms with Gasteiger partial charge in [0.15, 0.2) is 5.82 Å². The minimum atomic E-state index is -0.420. The van der Waals surface area contributed by atoms with E-state index in [2.05, 4.69) is 20.2 Å². The van der Waals surface area contributed by atoms with Crippen LogP contribution < -0.4 is 19.9 Å². The lowest BCUT2D eigenvalue weighted by Gasteiger charge is -2.44. The molecule has 2 aromatic heterocycles. The van der Waals surface area contributed by atoms with E-state index in [4.69, 9.17) is 9.72 Å². The lowest BCUT2D eigenvalue weighted by Crippen LogP contribution is -2.58. The summed E-state index contributed by atoms with van der Waals surface area (Å²) >= 11 is 0. The second-order valence-electron chi connectivity index (χ2n) is 9.54. The van der Waals surface area contributed by atoms with Gasteiger partial charge >= 0.3 is 0 Å². The van der Waals surface area contributed by atoms with Crippen molar-refractivity contribution < 1.29 is 9.53 Å². The molecule has 0 saturated heterocycles. The molecule has 0 unspecified atom stereocenters. The standard InChI is InChI=1S/C25H29N7O2/c1-16-14-31(15-27-16)19-9-8-17(12-21(19)34-3)28-24-26-13-20-22(29-24)32(18-6-4-5-7-18)25(10-11-25)23(33)30(20)2/h8-9,12-15,18H,4-7,10-11H2,1-3H3,(H,26,28,29). The van der Waals surface area contributed by atoms with Crippen molar-refractivity contribution in [3.05, 3.63) is 42.6 Å². The molecule has 1 aliphatic heterocycles. The van der Waals surface area contributed by atoms with E-state index in [0.29, 0.717) is 12.0 Å². The van der Waals surface area contributed by atoms with E-state index >= 15 is 0 Å². The van der Waals surface area contributed by atoms with Crippen molar-refractivity contribution in [2.24, 2.45) is 0 Å². The van der Waals surface area contributed by atoms with Crippen molar-refractivity contribution in [2.45, 2.75) is 57.0 Å². The van der Waals surface area contributed by atoms with Gasteiger partial charge in [-0.25, -0.2) is 9.97 Å². The van der Waals surface area contributed by atoms with E-state index in [0.717, 1.165) is 60.0 Å². The third kappa shape index (κ3) is 3.21. The number of hydrogen-bond donors (Lipinski definition) is 1. The van der Waals surface area contributed by atoms with E-state index in [1.165, 1.54) is 12.8 Å². The SMILES string of the molecule is COc1cc(Nc2ncc3c(n2)N(C2CCCC2)C2(CC2)C(=O)N3C)ccc1-n1cnc(C)c1. The second-order valence-corrected chi connectivity index (χ2v) is 9.54. The third-order valence-corrected chi connectivity index (χ3v) is 7.34. The van der Waals surface area contributed by atoms with Gasteiger partial charge in [-0.1, -0.05) is 12.8 Å². The van der Waals surface area contributed by atoms with E-state index in [1.54, 1.807) is 24.5 Å². The molecule has 0 bridgehead atoms. The van der Waals surface area contributed by atoms with Crippen LogP contribution in [0.1, 0.15) is 44.2 Å². The molecule has 2 fully saturated rings.